The molecule has 2 heterocycles. The lowest BCUT2D eigenvalue weighted by Crippen LogP contribution is -2.43. The maximum Gasteiger partial charge on any atom is 0.236 e. The number of benzene rings is 2. The molecular formula is C25H30N2O4S. The number of likely N-dealkylation sites (tertiary alicyclic amines) is 1. The smallest absolute Gasteiger partial charge is 0.236 e. The highest BCUT2D eigenvalue weighted by Gasteiger charge is 2.28. The molecule has 0 radical (unpaired) electrons. The molecule has 0 spiro atoms. The molecule has 0 saturated carbocycles. The quantitative estimate of drug-likeness (QED) is 0.469. The Labute approximate surface area is 193 Å². The molecule has 2 aromatic carbocycles. The van der Waals surface area contributed by atoms with Crippen LogP contribution in [0.5, 0.6) is 11.5 Å². The summed E-state index contributed by atoms with van der Waals surface area (Å²) in [5.41, 5.74) is 1.80. The van der Waals surface area contributed by atoms with Gasteiger partial charge in [-0.3, -0.25) is 14.5 Å². The summed E-state index contributed by atoms with van der Waals surface area (Å²) in [6.45, 7) is 3.55. The zero-order valence-corrected chi connectivity index (χ0v) is 19.5. The van der Waals surface area contributed by atoms with Gasteiger partial charge in [0.1, 0.15) is 13.2 Å². The van der Waals surface area contributed by atoms with E-state index in [1.54, 1.807) is 22.7 Å². The summed E-state index contributed by atoms with van der Waals surface area (Å²) in [5, 5.41) is 0. The summed E-state index contributed by atoms with van der Waals surface area (Å²) < 4.78 is 11.2. The van der Waals surface area contributed by atoms with Crippen LogP contribution in [0.15, 0.2) is 47.4 Å². The Morgan fingerprint density at radius 1 is 1.03 bits per heavy atom. The van der Waals surface area contributed by atoms with E-state index in [0.717, 1.165) is 31.5 Å². The first-order valence-electron chi connectivity index (χ1n) is 11.1. The second-order valence-electron chi connectivity index (χ2n) is 8.37. The van der Waals surface area contributed by atoms with Gasteiger partial charge in [0.05, 0.1) is 6.54 Å². The van der Waals surface area contributed by atoms with Gasteiger partial charge in [-0.2, -0.15) is 0 Å². The standard InChI is InChI=1S/C25H30N2O4S/c1-26(16-18-3-6-21(32-2)7-4-18)24(28)17-27-11-9-19(10-12-27)25(29)20-5-8-22-23(15-20)31-14-13-30-22/h3-8,15,19H,9-14,16-17H2,1-2H3. The van der Waals surface area contributed by atoms with Gasteiger partial charge in [0, 0.05) is 30.0 Å². The third-order valence-corrected chi connectivity index (χ3v) is 6.89. The van der Waals surface area contributed by atoms with Crippen molar-refractivity contribution in [2.24, 2.45) is 5.92 Å². The number of likely N-dealkylation sites (N-methyl/N-ethyl adjacent to an activating group) is 1. The third kappa shape index (κ3) is 5.45. The second-order valence-corrected chi connectivity index (χ2v) is 9.25. The van der Waals surface area contributed by atoms with Gasteiger partial charge in [-0.25, -0.2) is 0 Å². The zero-order chi connectivity index (χ0) is 22.5. The number of ether oxygens (including phenoxy) is 2. The van der Waals surface area contributed by atoms with Crippen LogP contribution in [-0.4, -0.2) is 67.6 Å². The summed E-state index contributed by atoms with van der Waals surface area (Å²) in [6, 6.07) is 13.8. The summed E-state index contributed by atoms with van der Waals surface area (Å²) in [6.07, 6.45) is 3.58. The highest BCUT2D eigenvalue weighted by Crippen LogP contribution is 2.32. The van der Waals surface area contributed by atoms with Gasteiger partial charge >= 0.3 is 0 Å². The molecule has 4 rings (SSSR count). The van der Waals surface area contributed by atoms with E-state index in [0.29, 0.717) is 43.4 Å². The van der Waals surface area contributed by atoms with Crippen molar-refractivity contribution in [2.45, 2.75) is 24.3 Å². The van der Waals surface area contributed by atoms with Crippen LogP contribution < -0.4 is 9.47 Å². The van der Waals surface area contributed by atoms with Crippen LogP contribution in [0.2, 0.25) is 0 Å². The number of amides is 1. The van der Waals surface area contributed by atoms with Crippen LogP contribution in [0.25, 0.3) is 0 Å². The Kier molecular flexibility index (Phi) is 7.37. The molecule has 170 valence electrons. The highest BCUT2D eigenvalue weighted by atomic mass is 32.2. The predicted octanol–water partition coefficient (Wildman–Crippen LogP) is 3.73. The van der Waals surface area contributed by atoms with E-state index in [4.69, 9.17) is 9.47 Å². The number of nitrogens with zero attached hydrogens (tertiary/aromatic N) is 2. The molecule has 1 saturated heterocycles. The van der Waals surface area contributed by atoms with Crippen molar-refractivity contribution >= 4 is 23.5 Å². The lowest BCUT2D eigenvalue weighted by molar-refractivity contribution is -0.131. The fourth-order valence-electron chi connectivity index (χ4n) is 4.19. The Morgan fingerprint density at radius 2 is 1.72 bits per heavy atom. The van der Waals surface area contributed by atoms with Crippen molar-refractivity contribution in [3.63, 3.8) is 0 Å². The molecule has 2 aliphatic heterocycles. The topological polar surface area (TPSA) is 59.1 Å². The van der Waals surface area contributed by atoms with Crippen LogP contribution in [0.3, 0.4) is 0 Å². The van der Waals surface area contributed by atoms with E-state index in [-0.39, 0.29) is 17.6 Å². The fourth-order valence-corrected chi connectivity index (χ4v) is 4.60. The molecule has 1 amide bonds. The monoisotopic (exact) mass is 454 g/mol. The van der Waals surface area contributed by atoms with Crippen molar-refractivity contribution in [1.29, 1.82) is 0 Å². The number of fused-ring (bicyclic) bond motifs is 1. The van der Waals surface area contributed by atoms with Crippen molar-refractivity contribution in [3.05, 3.63) is 53.6 Å². The molecule has 1 fully saturated rings. The SMILES string of the molecule is CSc1ccc(CN(C)C(=O)CN2CCC(C(=O)c3ccc4c(c3)OCCO4)CC2)cc1. The van der Waals surface area contributed by atoms with Gasteiger partial charge in [-0.1, -0.05) is 12.1 Å². The lowest BCUT2D eigenvalue weighted by atomic mass is 9.88. The minimum atomic E-state index is -0.0170. The number of Topliss-reactive ketones (excluding diaryl/α,β-unsaturated/α-hetero) is 1. The molecule has 0 aliphatic carbocycles. The first-order valence-corrected chi connectivity index (χ1v) is 12.3. The molecule has 7 heteroatoms. The Bertz CT molecular complexity index is 955. The average molecular weight is 455 g/mol. The molecule has 0 aromatic heterocycles. The first-order chi connectivity index (χ1) is 15.5. The van der Waals surface area contributed by atoms with Gasteiger partial charge < -0.3 is 14.4 Å². The average Bonchev–Trinajstić information content (AvgIpc) is 2.84. The Balaban J connectivity index is 1.26. The molecule has 32 heavy (non-hydrogen) atoms. The molecule has 0 atom stereocenters. The molecule has 2 aromatic rings. The number of ketones is 1. The maximum absolute atomic E-state index is 13.0. The number of carbonyl (C=O) groups excluding carboxylic acids is 2. The number of hydrogen-bond donors (Lipinski definition) is 0. The molecule has 0 bridgehead atoms. The fraction of sp³-hybridized carbons (Fsp3) is 0.440. The minimum Gasteiger partial charge on any atom is -0.486 e. The van der Waals surface area contributed by atoms with E-state index in [1.165, 1.54) is 4.90 Å². The number of carbonyl (C=O) groups is 2. The first kappa shape index (κ1) is 22.7. The largest absolute Gasteiger partial charge is 0.486 e. The van der Waals surface area contributed by atoms with E-state index in [9.17, 15) is 9.59 Å². The number of rotatable bonds is 7. The van der Waals surface area contributed by atoms with Crippen LogP contribution in [0.4, 0.5) is 0 Å². The molecule has 2 aliphatic rings. The summed E-state index contributed by atoms with van der Waals surface area (Å²) in [5.74, 6) is 1.59. The van der Waals surface area contributed by atoms with Crippen molar-refractivity contribution in [1.82, 2.24) is 9.80 Å². The van der Waals surface area contributed by atoms with E-state index in [1.807, 2.05) is 19.2 Å². The highest BCUT2D eigenvalue weighted by molar-refractivity contribution is 7.98. The molecular weight excluding hydrogens is 424 g/mol. The maximum atomic E-state index is 13.0. The summed E-state index contributed by atoms with van der Waals surface area (Å²) in [7, 11) is 1.85. The predicted molar refractivity (Wildman–Crippen MR) is 126 cm³/mol. The van der Waals surface area contributed by atoms with Crippen molar-refractivity contribution < 1.29 is 19.1 Å². The number of piperidine rings is 1. The normalized spacial score (nSPS) is 16.6. The van der Waals surface area contributed by atoms with Gasteiger partial charge in [0.2, 0.25) is 5.91 Å². The third-order valence-electron chi connectivity index (χ3n) is 6.15. The summed E-state index contributed by atoms with van der Waals surface area (Å²) >= 11 is 1.71. The lowest BCUT2D eigenvalue weighted by Gasteiger charge is -2.32. The van der Waals surface area contributed by atoms with Crippen LogP contribution in [0.1, 0.15) is 28.8 Å². The van der Waals surface area contributed by atoms with Crippen LogP contribution >= 0.6 is 11.8 Å². The molecule has 0 N–H and O–H groups in total. The minimum absolute atomic E-state index is 0.0170. The van der Waals surface area contributed by atoms with Crippen molar-refractivity contribution in [3.8, 4) is 11.5 Å². The Morgan fingerprint density at radius 3 is 2.41 bits per heavy atom. The van der Waals surface area contributed by atoms with E-state index in [2.05, 4.69) is 35.4 Å². The number of hydrogen-bond acceptors (Lipinski definition) is 6. The zero-order valence-electron chi connectivity index (χ0n) is 18.7. The van der Waals surface area contributed by atoms with Gasteiger partial charge in [-0.15, -0.1) is 11.8 Å². The van der Waals surface area contributed by atoms with Crippen LogP contribution in [0, 0.1) is 5.92 Å². The van der Waals surface area contributed by atoms with Gasteiger partial charge in [0.25, 0.3) is 0 Å². The van der Waals surface area contributed by atoms with E-state index >= 15 is 0 Å². The van der Waals surface area contributed by atoms with E-state index < -0.39 is 0 Å². The number of thioether (sulfide) groups is 1. The van der Waals surface area contributed by atoms with Crippen LogP contribution in [-0.2, 0) is 11.3 Å². The van der Waals surface area contributed by atoms with Gasteiger partial charge in [0.15, 0.2) is 17.3 Å². The van der Waals surface area contributed by atoms with Crippen molar-refractivity contribution in [2.75, 3.05) is 46.2 Å². The summed E-state index contributed by atoms with van der Waals surface area (Å²) in [4.78, 5) is 30.8. The Hall–Kier alpha value is -2.51. The molecule has 6 nitrogen and oxygen atoms in total. The van der Waals surface area contributed by atoms with Gasteiger partial charge in [-0.05, 0) is 68.1 Å². The molecule has 0 unspecified atom stereocenters. The second kappa shape index (κ2) is 10.4.